The van der Waals surface area contributed by atoms with Crippen LogP contribution < -0.4 is 14.7 Å². The summed E-state index contributed by atoms with van der Waals surface area (Å²) in [5, 5.41) is 0. The number of hydrogen-bond donors (Lipinski definition) is 0. The van der Waals surface area contributed by atoms with Gasteiger partial charge in [0.15, 0.2) is 0 Å². The molecule has 0 aliphatic carbocycles. The monoisotopic (exact) mass is 880 g/mol. The van der Waals surface area contributed by atoms with Crippen LogP contribution in [0.1, 0.15) is 107 Å². The molecule has 0 amide bonds. The molecule has 0 atom stereocenters. The first-order valence-electron chi connectivity index (χ1n) is 15.1. The molecule has 0 aromatic heterocycles. The number of para-hydroxylation sites is 3. The molecule has 0 unspecified atom stereocenters. The van der Waals surface area contributed by atoms with Crippen LogP contribution in [-0.4, -0.2) is 31.8 Å². The fourth-order valence-electron chi connectivity index (χ4n) is 5.59. The third-order valence-corrected chi connectivity index (χ3v) is 11.3. The molecular weight excluding hydrogens is 829 g/mol. The maximum atomic E-state index is 2.54. The fraction of sp³-hybridized carbons (Fsp3) is 0.444. The molecular formula is C36H50I2N3Ru-. The number of rotatable bonds is 8. The van der Waals surface area contributed by atoms with Crippen LogP contribution in [0.4, 0.5) is 17.1 Å². The van der Waals surface area contributed by atoms with Crippen LogP contribution in [0, 0.1) is 6.67 Å². The van der Waals surface area contributed by atoms with Crippen LogP contribution >= 0.6 is 39.5 Å². The number of anilines is 3. The summed E-state index contributed by atoms with van der Waals surface area (Å²) in [4.78, 5) is 7.17. The van der Waals surface area contributed by atoms with E-state index in [1.807, 2.05) is 0 Å². The minimum atomic E-state index is -0.717. The Balaban J connectivity index is 0.000000312. The van der Waals surface area contributed by atoms with E-state index in [0.29, 0.717) is 23.7 Å². The van der Waals surface area contributed by atoms with E-state index in [2.05, 4.69) is 196 Å². The third-order valence-electron chi connectivity index (χ3n) is 7.73. The van der Waals surface area contributed by atoms with Gasteiger partial charge in [-0.25, -0.2) is 0 Å². The van der Waals surface area contributed by atoms with Gasteiger partial charge in [0, 0.05) is 24.5 Å². The van der Waals surface area contributed by atoms with Crippen molar-refractivity contribution >= 4 is 61.2 Å². The quantitative estimate of drug-likeness (QED) is 0.127. The van der Waals surface area contributed by atoms with Crippen LogP contribution in [0.2, 0.25) is 0 Å². The Bertz CT molecular complexity index is 1220. The molecule has 0 bridgehead atoms. The van der Waals surface area contributed by atoms with Gasteiger partial charge >= 0.3 is 107 Å². The molecule has 0 radical (unpaired) electrons. The molecule has 1 aliphatic heterocycles. The Hall–Kier alpha value is -0.987. The molecule has 3 aromatic rings. The number of halogens is 2. The van der Waals surface area contributed by atoms with E-state index in [0.717, 1.165) is 13.1 Å². The summed E-state index contributed by atoms with van der Waals surface area (Å²) in [6.45, 7) is 22.9. The topological polar surface area (TPSA) is 9.72 Å². The Morgan fingerprint density at radius 1 is 0.643 bits per heavy atom. The van der Waals surface area contributed by atoms with Crippen molar-refractivity contribution in [2.24, 2.45) is 0 Å². The van der Waals surface area contributed by atoms with Gasteiger partial charge in [-0.2, -0.15) is 6.67 Å². The van der Waals surface area contributed by atoms with Crippen molar-refractivity contribution < 1.29 is 8.47 Å². The van der Waals surface area contributed by atoms with E-state index < -0.39 is 8.47 Å². The molecule has 4 rings (SSSR count). The Morgan fingerprint density at radius 3 is 1.36 bits per heavy atom. The molecule has 1 aliphatic rings. The van der Waals surface area contributed by atoms with Gasteiger partial charge in [-0.05, 0) is 45.9 Å². The van der Waals surface area contributed by atoms with E-state index in [1.165, 1.54) is 44.9 Å². The molecule has 232 valence electrons. The molecule has 0 spiro atoms. The standard InChI is InChI=1S/C27H39N2.C9H11N.2HI.Ru/c1-18(2)22-11-9-12-23(19(3)4)26(22)28-15-16-29(17-28)27-24(20(5)6)13-10-14-25(27)21(7)8;1-8-6-4-5-7-9(8)10(2)3;;;/h9-14,17-21H,15-16H2,1-8H3;1,4-7H,2-3H3;2*1H;/q-1;;;;+2/p-2. The van der Waals surface area contributed by atoms with E-state index in [1.54, 1.807) is 0 Å². The van der Waals surface area contributed by atoms with Crippen LogP contribution in [-0.2, 0) is 8.47 Å². The summed E-state index contributed by atoms with van der Waals surface area (Å²) in [6.07, 6.45) is 0. The van der Waals surface area contributed by atoms with E-state index in [4.69, 9.17) is 0 Å². The van der Waals surface area contributed by atoms with Gasteiger partial charge in [0.2, 0.25) is 0 Å². The van der Waals surface area contributed by atoms with Crippen molar-refractivity contribution in [1.82, 2.24) is 0 Å². The van der Waals surface area contributed by atoms with Crippen LogP contribution in [0.25, 0.3) is 0 Å². The molecule has 3 aromatic carbocycles. The van der Waals surface area contributed by atoms with Crippen molar-refractivity contribution in [3.8, 4) is 0 Å². The predicted molar refractivity (Wildman–Crippen MR) is 202 cm³/mol. The predicted octanol–water partition coefficient (Wildman–Crippen LogP) is 10.8. The summed E-state index contributed by atoms with van der Waals surface area (Å²) in [7, 11) is 3.46. The maximum absolute atomic E-state index is 2.54. The average molecular weight is 880 g/mol. The van der Waals surface area contributed by atoms with Gasteiger partial charge in [0.25, 0.3) is 0 Å². The van der Waals surface area contributed by atoms with Gasteiger partial charge in [0.1, 0.15) is 0 Å². The third kappa shape index (κ3) is 9.03. The summed E-state index contributed by atoms with van der Waals surface area (Å²) in [5.41, 5.74) is 11.3. The number of nitrogens with zero attached hydrogens (tertiary/aromatic N) is 3. The first-order valence-corrected chi connectivity index (χ1v) is 26.4. The summed E-state index contributed by atoms with van der Waals surface area (Å²) in [6, 6.07) is 22.2. The van der Waals surface area contributed by atoms with Crippen molar-refractivity contribution in [2.75, 3.05) is 41.9 Å². The fourth-order valence-corrected chi connectivity index (χ4v) is 9.23. The Morgan fingerprint density at radius 2 is 1.02 bits per heavy atom. The molecule has 42 heavy (non-hydrogen) atoms. The van der Waals surface area contributed by atoms with Gasteiger partial charge in [0.05, 0.1) is 0 Å². The first-order chi connectivity index (χ1) is 19.8. The second-order valence-corrected chi connectivity index (χ2v) is 32.3. The van der Waals surface area contributed by atoms with E-state index >= 15 is 0 Å². The second kappa shape index (κ2) is 16.4. The first kappa shape index (κ1) is 35.5. The Kier molecular flexibility index (Phi) is 13.8. The zero-order valence-corrected chi connectivity index (χ0v) is 33.2. The summed E-state index contributed by atoms with van der Waals surface area (Å²) < 4.78 is 2.40. The molecule has 0 saturated carbocycles. The zero-order valence-electron chi connectivity index (χ0n) is 27.1. The van der Waals surface area contributed by atoms with Crippen molar-refractivity contribution in [2.45, 2.75) is 79.1 Å². The zero-order chi connectivity index (χ0) is 31.1. The van der Waals surface area contributed by atoms with Gasteiger partial charge in [-0.1, -0.05) is 91.8 Å². The van der Waals surface area contributed by atoms with Crippen LogP contribution in [0.5, 0.6) is 0 Å². The molecule has 3 nitrogen and oxygen atoms in total. The van der Waals surface area contributed by atoms with Gasteiger partial charge < -0.3 is 9.80 Å². The molecule has 1 fully saturated rings. The number of hydrogen-bond acceptors (Lipinski definition) is 3. The van der Waals surface area contributed by atoms with Gasteiger partial charge in [-0.15, -0.1) is 0 Å². The normalized spacial score (nSPS) is 13.7. The van der Waals surface area contributed by atoms with Crippen molar-refractivity contribution in [3.63, 3.8) is 0 Å². The van der Waals surface area contributed by atoms with Gasteiger partial charge in [-0.3, -0.25) is 0 Å². The van der Waals surface area contributed by atoms with E-state index in [-0.39, 0.29) is 0 Å². The SMILES string of the molecule is CC(C)c1cccc(C(C)C)c1N1[CH-]N(c2c(C(C)C)cccc2C(C)C)CC1.CN(C)c1ccccc1[CH]=[Ru]([I])[I]. The molecule has 6 heteroatoms. The summed E-state index contributed by atoms with van der Waals surface area (Å²) in [5.74, 6) is 2.06. The molecule has 1 heterocycles. The van der Waals surface area contributed by atoms with Crippen LogP contribution in [0.3, 0.4) is 0 Å². The van der Waals surface area contributed by atoms with E-state index in [9.17, 15) is 0 Å². The molecule has 1 saturated heterocycles. The average Bonchev–Trinajstić information content (AvgIpc) is 3.42. The summed E-state index contributed by atoms with van der Waals surface area (Å²) >= 11 is 5.08. The minimum absolute atomic E-state index is 0.514. The van der Waals surface area contributed by atoms with Crippen LogP contribution in [0.15, 0.2) is 60.7 Å². The van der Waals surface area contributed by atoms with Crippen molar-refractivity contribution in [3.05, 3.63) is 95.1 Å². The molecule has 0 N–H and O–H groups in total. The van der Waals surface area contributed by atoms with Crippen molar-refractivity contribution in [1.29, 1.82) is 0 Å². The Labute approximate surface area is 283 Å². The number of benzene rings is 3. The second-order valence-electron chi connectivity index (χ2n) is 12.5.